The molecular weight excluding hydrogens is 211 g/mol. The van der Waals surface area contributed by atoms with Gasteiger partial charge < -0.3 is 14.6 Å². The number of hydrogen-bond donors (Lipinski definition) is 1. The number of methoxy groups -OCH3 is 1. The molecule has 0 radical (unpaired) electrons. The Morgan fingerprint density at radius 3 is 2.69 bits per heavy atom. The molecule has 1 N–H and O–H groups in total. The highest BCUT2D eigenvalue weighted by Crippen LogP contribution is 2.35. The lowest BCUT2D eigenvalue weighted by atomic mass is 10.0. The summed E-state index contributed by atoms with van der Waals surface area (Å²) in [7, 11) is 1.50. The Morgan fingerprint density at radius 1 is 1.38 bits per heavy atom. The highest BCUT2D eigenvalue weighted by atomic mass is 19.1. The molecule has 1 fully saturated rings. The highest BCUT2D eigenvalue weighted by molar-refractivity contribution is 5.20. The van der Waals surface area contributed by atoms with Crippen LogP contribution in [0.1, 0.15) is 11.7 Å². The van der Waals surface area contributed by atoms with Crippen LogP contribution in [0.3, 0.4) is 0 Å². The zero-order chi connectivity index (χ0) is 11.5. The standard InChI is InChI=1S/C12H15FO3/c1-15-7-9-11(14)10(13)12(16-9)8-5-3-2-4-6-8/h2-6,9-12,14H,7H2,1H3/t9?,10-,11-,12+/m1/s1. The van der Waals surface area contributed by atoms with Crippen LogP contribution in [0.2, 0.25) is 0 Å². The number of halogens is 1. The second kappa shape index (κ2) is 4.91. The van der Waals surface area contributed by atoms with Crippen LogP contribution in [0.5, 0.6) is 0 Å². The molecule has 16 heavy (non-hydrogen) atoms. The maximum Gasteiger partial charge on any atom is 0.159 e. The fraction of sp³-hybridized carbons (Fsp3) is 0.500. The van der Waals surface area contributed by atoms with Crippen molar-refractivity contribution in [1.29, 1.82) is 0 Å². The molecule has 0 aromatic heterocycles. The van der Waals surface area contributed by atoms with E-state index in [-0.39, 0.29) is 6.61 Å². The van der Waals surface area contributed by atoms with E-state index in [4.69, 9.17) is 9.47 Å². The third-order valence-electron chi connectivity index (χ3n) is 2.78. The Morgan fingerprint density at radius 2 is 2.06 bits per heavy atom. The van der Waals surface area contributed by atoms with Gasteiger partial charge in [0.2, 0.25) is 0 Å². The van der Waals surface area contributed by atoms with Gasteiger partial charge in [0.25, 0.3) is 0 Å². The first-order valence-electron chi connectivity index (χ1n) is 5.25. The van der Waals surface area contributed by atoms with Gasteiger partial charge in [-0.3, -0.25) is 0 Å². The van der Waals surface area contributed by atoms with E-state index in [9.17, 15) is 9.50 Å². The summed E-state index contributed by atoms with van der Waals surface area (Å²) in [5.74, 6) is 0. The molecule has 0 bridgehead atoms. The van der Waals surface area contributed by atoms with Crippen LogP contribution in [0.15, 0.2) is 30.3 Å². The van der Waals surface area contributed by atoms with E-state index in [1.807, 2.05) is 18.2 Å². The molecule has 0 amide bonds. The molecular formula is C12H15FO3. The Balaban J connectivity index is 2.13. The number of aliphatic hydroxyl groups is 1. The fourth-order valence-corrected chi connectivity index (χ4v) is 1.94. The van der Waals surface area contributed by atoms with Crippen molar-refractivity contribution >= 4 is 0 Å². The van der Waals surface area contributed by atoms with Crippen molar-refractivity contribution in [3.63, 3.8) is 0 Å². The van der Waals surface area contributed by atoms with Crippen LogP contribution >= 0.6 is 0 Å². The molecule has 3 nitrogen and oxygen atoms in total. The summed E-state index contributed by atoms with van der Waals surface area (Å²) < 4.78 is 24.1. The summed E-state index contributed by atoms with van der Waals surface area (Å²) in [5, 5.41) is 9.64. The maximum absolute atomic E-state index is 13.8. The van der Waals surface area contributed by atoms with Crippen LogP contribution < -0.4 is 0 Å². The first-order valence-corrected chi connectivity index (χ1v) is 5.25. The number of benzene rings is 1. The number of rotatable bonds is 3. The van der Waals surface area contributed by atoms with Gasteiger partial charge in [-0.15, -0.1) is 0 Å². The molecule has 0 saturated carbocycles. The summed E-state index contributed by atoms with van der Waals surface area (Å²) in [5.41, 5.74) is 0.743. The normalized spacial score (nSPS) is 34.2. The molecule has 2 rings (SSSR count). The summed E-state index contributed by atoms with van der Waals surface area (Å²) in [6.07, 6.45) is -3.81. The van der Waals surface area contributed by atoms with E-state index in [1.54, 1.807) is 12.1 Å². The topological polar surface area (TPSA) is 38.7 Å². The Kier molecular flexibility index (Phi) is 3.53. The number of alkyl halides is 1. The van der Waals surface area contributed by atoms with Crippen molar-refractivity contribution in [1.82, 2.24) is 0 Å². The van der Waals surface area contributed by atoms with Crippen molar-refractivity contribution < 1.29 is 19.0 Å². The van der Waals surface area contributed by atoms with Gasteiger partial charge in [0.05, 0.1) is 6.61 Å². The van der Waals surface area contributed by atoms with Crippen LogP contribution in [0.25, 0.3) is 0 Å². The van der Waals surface area contributed by atoms with Crippen LogP contribution in [-0.2, 0) is 9.47 Å². The van der Waals surface area contributed by atoms with Crippen molar-refractivity contribution in [3.8, 4) is 0 Å². The van der Waals surface area contributed by atoms with Gasteiger partial charge in [-0.25, -0.2) is 4.39 Å². The average Bonchev–Trinajstić information content (AvgIpc) is 2.59. The maximum atomic E-state index is 13.8. The highest BCUT2D eigenvalue weighted by Gasteiger charge is 2.44. The van der Waals surface area contributed by atoms with Gasteiger partial charge in [-0.1, -0.05) is 30.3 Å². The molecule has 1 heterocycles. The summed E-state index contributed by atoms with van der Waals surface area (Å²) in [6, 6.07) is 9.08. The molecule has 1 saturated heterocycles. The number of ether oxygens (including phenoxy) is 2. The zero-order valence-electron chi connectivity index (χ0n) is 9.04. The fourth-order valence-electron chi connectivity index (χ4n) is 1.94. The predicted octanol–water partition coefficient (Wildman–Crippen LogP) is 1.47. The molecule has 0 spiro atoms. The van der Waals surface area contributed by atoms with Gasteiger partial charge in [0.1, 0.15) is 18.3 Å². The third-order valence-corrected chi connectivity index (χ3v) is 2.78. The molecule has 88 valence electrons. The largest absolute Gasteiger partial charge is 0.387 e. The van der Waals surface area contributed by atoms with Crippen LogP contribution in [0.4, 0.5) is 4.39 Å². The lowest BCUT2D eigenvalue weighted by Crippen LogP contribution is -2.30. The minimum absolute atomic E-state index is 0.199. The van der Waals surface area contributed by atoms with Gasteiger partial charge >= 0.3 is 0 Å². The van der Waals surface area contributed by atoms with Crippen molar-refractivity contribution in [2.45, 2.75) is 24.5 Å². The lowest BCUT2D eigenvalue weighted by Gasteiger charge is -2.13. The molecule has 1 aromatic rings. The molecule has 1 aliphatic heterocycles. The minimum Gasteiger partial charge on any atom is -0.387 e. The number of hydrogen-bond acceptors (Lipinski definition) is 3. The summed E-state index contributed by atoms with van der Waals surface area (Å²) >= 11 is 0. The van der Waals surface area contributed by atoms with Gasteiger partial charge in [0, 0.05) is 7.11 Å². The van der Waals surface area contributed by atoms with Gasteiger partial charge in [-0.2, -0.15) is 0 Å². The molecule has 4 atom stereocenters. The van der Waals surface area contributed by atoms with Crippen molar-refractivity contribution in [2.75, 3.05) is 13.7 Å². The second-order valence-corrected chi connectivity index (χ2v) is 3.90. The average molecular weight is 226 g/mol. The van der Waals surface area contributed by atoms with E-state index in [0.29, 0.717) is 0 Å². The van der Waals surface area contributed by atoms with Crippen molar-refractivity contribution in [2.24, 2.45) is 0 Å². The van der Waals surface area contributed by atoms with Crippen LogP contribution in [-0.4, -0.2) is 37.2 Å². The van der Waals surface area contributed by atoms with E-state index in [1.165, 1.54) is 7.11 Å². The molecule has 1 aliphatic rings. The van der Waals surface area contributed by atoms with Gasteiger partial charge in [0.15, 0.2) is 6.17 Å². The Labute approximate surface area is 93.8 Å². The first-order chi connectivity index (χ1) is 7.74. The van der Waals surface area contributed by atoms with E-state index in [2.05, 4.69) is 0 Å². The third kappa shape index (κ3) is 2.09. The Bertz CT molecular complexity index is 330. The Hall–Kier alpha value is -0.970. The van der Waals surface area contributed by atoms with E-state index >= 15 is 0 Å². The summed E-state index contributed by atoms with van der Waals surface area (Å²) in [6.45, 7) is 0.199. The second-order valence-electron chi connectivity index (χ2n) is 3.90. The van der Waals surface area contributed by atoms with E-state index in [0.717, 1.165) is 5.56 Å². The first kappa shape index (κ1) is 11.5. The lowest BCUT2D eigenvalue weighted by molar-refractivity contribution is -0.0338. The number of aliphatic hydroxyl groups excluding tert-OH is 1. The minimum atomic E-state index is -1.40. The molecule has 1 aromatic carbocycles. The zero-order valence-corrected chi connectivity index (χ0v) is 9.04. The van der Waals surface area contributed by atoms with Crippen LogP contribution in [0, 0.1) is 0 Å². The predicted molar refractivity (Wildman–Crippen MR) is 56.8 cm³/mol. The quantitative estimate of drug-likeness (QED) is 0.848. The molecule has 0 aliphatic carbocycles. The smallest absolute Gasteiger partial charge is 0.159 e. The van der Waals surface area contributed by atoms with Gasteiger partial charge in [-0.05, 0) is 5.56 Å². The monoisotopic (exact) mass is 226 g/mol. The van der Waals surface area contributed by atoms with Crippen molar-refractivity contribution in [3.05, 3.63) is 35.9 Å². The molecule has 1 unspecified atom stereocenters. The molecule has 4 heteroatoms. The summed E-state index contributed by atoms with van der Waals surface area (Å²) in [4.78, 5) is 0. The SMILES string of the molecule is COCC1O[C@@H](c2ccccc2)[C@H](F)[C@@H]1O. The van der Waals surface area contributed by atoms with E-state index < -0.39 is 24.5 Å².